The summed E-state index contributed by atoms with van der Waals surface area (Å²) in [5.74, 6) is 0.887. The second-order valence-corrected chi connectivity index (χ2v) is 6.23. The maximum atomic E-state index is 3.48. The molecule has 3 rings (SSSR count). The van der Waals surface area contributed by atoms with Gasteiger partial charge in [0, 0.05) is 32.2 Å². The molecule has 0 amide bonds. The van der Waals surface area contributed by atoms with Crippen molar-refractivity contribution in [2.45, 2.75) is 39.2 Å². The fourth-order valence-corrected chi connectivity index (χ4v) is 3.73. The molecular weight excluding hydrogens is 232 g/mol. The molecule has 0 radical (unpaired) electrons. The van der Waals surface area contributed by atoms with Crippen molar-refractivity contribution in [3.05, 3.63) is 34.9 Å². The van der Waals surface area contributed by atoms with Gasteiger partial charge in [0.25, 0.3) is 0 Å². The van der Waals surface area contributed by atoms with Gasteiger partial charge in [-0.3, -0.25) is 4.90 Å². The van der Waals surface area contributed by atoms with Gasteiger partial charge < -0.3 is 5.32 Å². The Hall–Kier alpha value is -0.860. The lowest BCUT2D eigenvalue weighted by molar-refractivity contribution is 0.0828. The van der Waals surface area contributed by atoms with E-state index in [2.05, 4.69) is 42.3 Å². The fraction of sp³-hybridized carbons (Fsp3) is 0.647. The summed E-state index contributed by atoms with van der Waals surface area (Å²) in [7, 11) is 0. The average molecular weight is 258 g/mol. The SMILES string of the molecule is Cc1cccc(C)c1[C@@H](C1CCC1)N1CCNCC1. The first-order valence-corrected chi connectivity index (χ1v) is 7.78. The summed E-state index contributed by atoms with van der Waals surface area (Å²) >= 11 is 0. The van der Waals surface area contributed by atoms with E-state index in [0.717, 1.165) is 19.0 Å². The second kappa shape index (κ2) is 5.64. The van der Waals surface area contributed by atoms with Gasteiger partial charge in [0.2, 0.25) is 0 Å². The van der Waals surface area contributed by atoms with Crippen molar-refractivity contribution >= 4 is 0 Å². The monoisotopic (exact) mass is 258 g/mol. The minimum absolute atomic E-state index is 0.664. The quantitative estimate of drug-likeness (QED) is 0.896. The first-order chi connectivity index (χ1) is 9.27. The van der Waals surface area contributed by atoms with Crippen molar-refractivity contribution in [1.29, 1.82) is 0 Å². The zero-order valence-electron chi connectivity index (χ0n) is 12.3. The van der Waals surface area contributed by atoms with E-state index in [-0.39, 0.29) is 0 Å². The van der Waals surface area contributed by atoms with Crippen LogP contribution in [0.15, 0.2) is 18.2 Å². The molecule has 0 aromatic heterocycles. The maximum Gasteiger partial charge on any atom is 0.0382 e. The van der Waals surface area contributed by atoms with Gasteiger partial charge in [0.15, 0.2) is 0 Å². The van der Waals surface area contributed by atoms with Crippen molar-refractivity contribution in [3.8, 4) is 0 Å². The summed E-state index contributed by atoms with van der Waals surface area (Å²) in [6.07, 6.45) is 4.27. The van der Waals surface area contributed by atoms with Gasteiger partial charge in [0.05, 0.1) is 0 Å². The lowest BCUT2D eigenvalue weighted by Crippen LogP contribution is -2.48. The van der Waals surface area contributed by atoms with Gasteiger partial charge >= 0.3 is 0 Å². The Morgan fingerprint density at radius 2 is 1.74 bits per heavy atom. The van der Waals surface area contributed by atoms with Gasteiger partial charge in [-0.2, -0.15) is 0 Å². The molecule has 0 spiro atoms. The summed E-state index contributed by atoms with van der Waals surface area (Å²) in [4.78, 5) is 2.73. The summed E-state index contributed by atoms with van der Waals surface area (Å²) in [6.45, 7) is 9.28. The van der Waals surface area contributed by atoms with Gasteiger partial charge in [-0.25, -0.2) is 0 Å². The number of benzene rings is 1. The molecule has 1 heterocycles. The molecule has 19 heavy (non-hydrogen) atoms. The number of nitrogens with one attached hydrogen (secondary N) is 1. The first-order valence-electron chi connectivity index (χ1n) is 7.78. The van der Waals surface area contributed by atoms with E-state index in [1.807, 2.05) is 0 Å². The van der Waals surface area contributed by atoms with Crippen LogP contribution in [0.1, 0.15) is 42.0 Å². The van der Waals surface area contributed by atoms with Gasteiger partial charge in [0.1, 0.15) is 0 Å². The highest BCUT2D eigenvalue weighted by atomic mass is 15.2. The van der Waals surface area contributed by atoms with Gasteiger partial charge in [-0.1, -0.05) is 24.6 Å². The molecule has 1 aromatic carbocycles. The van der Waals surface area contributed by atoms with Crippen LogP contribution in [0.2, 0.25) is 0 Å². The highest BCUT2D eigenvalue weighted by Gasteiger charge is 2.34. The topological polar surface area (TPSA) is 15.3 Å². The van der Waals surface area contributed by atoms with Crippen LogP contribution in [0.5, 0.6) is 0 Å². The molecule has 0 unspecified atom stereocenters. The van der Waals surface area contributed by atoms with E-state index in [0.29, 0.717) is 6.04 Å². The number of aryl methyl sites for hydroxylation is 2. The molecule has 1 aliphatic carbocycles. The summed E-state index contributed by atoms with van der Waals surface area (Å²) in [6, 6.07) is 7.44. The van der Waals surface area contributed by atoms with Gasteiger partial charge in [-0.15, -0.1) is 0 Å². The Bertz CT molecular complexity index is 411. The predicted octanol–water partition coefficient (Wildman–Crippen LogP) is 3.05. The largest absolute Gasteiger partial charge is 0.314 e. The van der Waals surface area contributed by atoms with Crippen molar-refractivity contribution in [2.75, 3.05) is 26.2 Å². The number of rotatable bonds is 3. The third-order valence-electron chi connectivity index (χ3n) is 4.98. The molecule has 1 saturated carbocycles. The van der Waals surface area contributed by atoms with Crippen LogP contribution in [-0.4, -0.2) is 31.1 Å². The van der Waals surface area contributed by atoms with E-state index in [1.165, 1.54) is 43.5 Å². The minimum atomic E-state index is 0.664. The van der Waals surface area contributed by atoms with Crippen LogP contribution in [0.3, 0.4) is 0 Å². The van der Waals surface area contributed by atoms with Crippen LogP contribution in [0, 0.1) is 19.8 Å². The average Bonchev–Trinajstić information content (AvgIpc) is 2.36. The van der Waals surface area contributed by atoms with E-state index in [4.69, 9.17) is 0 Å². The smallest absolute Gasteiger partial charge is 0.0382 e. The third kappa shape index (κ3) is 2.56. The highest BCUT2D eigenvalue weighted by molar-refractivity contribution is 5.37. The first kappa shape index (κ1) is 13.1. The van der Waals surface area contributed by atoms with E-state index in [9.17, 15) is 0 Å². The van der Waals surface area contributed by atoms with E-state index < -0.39 is 0 Å². The Morgan fingerprint density at radius 1 is 1.11 bits per heavy atom. The second-order valence-electron chi connectivity index (χ2n) is 6.23. The molecule has 1 aliphatic heterocycles. The summed E-state index contributed by atoms with van der Waals surface area (Å²) in [5, 5.41) is 3.48. The van der Waals surface area contributed by atoms with Crippen molar-refractivity contribution in [2.24, 2.45) is 5.92 Å². The van der Waals surface area contributed by atoms with Crippen LogP contribution < -0.4 is 5.32 Å². The molecule has 104 valence electrons. The normalized spacial score (nSPS) is 23.1. The number of hydrogen-bond donors (Lipinski definition) is 1. The molecule has 2 fully saturated rings. The molecule has 1 N–H and O–H groups in total. The maximum absolute atomic E-state index is 3.48. The fourth-order valence-electron chi connectivity index (χ4n) is 3.73. The summed E-state index contributed by atoms with van der Waals surface area (Å²) < 4.78 is 0. The zero-order valence-corrected chi connectivity index (χ0v) is 12.3. The minimum Gasteiger partial charge on any atom is -0.314 e. The van der Waals surface area contributed by atoms with Crippen molar-refractivity contribution in [1.82, 2.24) is 10.2 Å². The third-order valence-corrected chi connectivity index (χ3v) is 4.98. The van der Waals surface area contributed by atoms with Crippen molar-refractivity contribution in [3.63, 3.8) is 0 Å². The van der Waals surface area contributed by atoms with Crippen LogP contribution in [0.4, 0.5) is 0 Å². The van der Waals surface area contributed by atoms with E-state index in [1.54, 1.807) is 5.56 Å². The van der Waals surface area contributed by atoms with Gasteiger partial charge in [-0.05, 0) is 49.3 Å². The summed E-state index contributed by atoms with van der Waals surface area (Å²) in [5.41, 5.74) is 4.58. The van der Waals surface area contributed by atoms with Crippen LogP contribution in [0.25, 0.3) is 0 Å². The Morgan fingerprint density at radius 3 is 2.26 bits per heavy atom. The predicted molar refractivity (Wildman–Crippen MR) is 80.4 cm³/mol. The van der Waals surface area contributed by atoms with E-state index >= 15 is 0 Å². The lowest BCUT2D eigenvalue weighted by Gasteiger charge is -2.44. The molecule has 1 atom stereocenters. The molecular formula is C17H26N2. The number of hydrogen-bond acceptors (Lipinski definition) is 2. The molecule has 1 aromatic rings. The Balaban J connectivity index is 1.93. The lowest BCUT2D eigenvalue weighted by atomic mass is 9.74. The molecule has 2 heteroatoms. The molecule has 2 nitrogen and oxygen atoms in total. The highest BCUT2D eigenvalue weighted by Crippen LogP contribution is 2.43. The zero-order chi connectivity index (χ0) is 13.2. The Kier molecular flexibility index (Phi) is 3.90. The number of nitrogens with zero attached hydrogens (tertiary/aromatic N) is 1. The van der Waals surface area contributed by atoms with Crippen LogP contribution in [-0.2, 0) is 0 Å². The van der Waals surface area contributed by atoms with Crippen molar-refractivity contribution < 1.29 is 0 Å². The molecule has 1 saturated heterocycles. The number of piperazine rings is 1. The van der Waals surface area contributed by atoms with Crippen LogP contribution >= 0.6 is 0 Å². The molecule has 0 bridgehead atoms. The Labute approximate surface area is 117 Å². The standard InChI is InChI=1S/C17H26N2/c1-13-5-3-6-14(2)16(13)17(15-7-4-8-15)19-11-9-18-10-12-19/h3,5-6,15,17-18H,4,7-12H2,1-2H3/t17-/m1/s1. The molecule has 2 aliphatic rings.